The van der Waals surface area contributed by atoms with Gasteiger partial charge < -0.3 is 24.8 Å². The number of hydrogen-bond acceptors (Lipinski definition) is 7. The Balaban J connectivity index is 1.55. The molecule has 3 aliphatic rings. The molecule has 9 nitrogen and oxygen atoms in total. The van der Waals surface area contributed by atoms with E-state index in [2.05, 4.69) is 27.1 Å². The number of rotatable bonds is 6. The molecular weight excluding hydrogens is 444 g/mol. The van der Waals surface area contributed by atoms with Gasteiger partial charge in [0.25, 0.3) is 0 Å². The van der Waals surface area contributed by atoms with E-state index in [1.807, 2.05) is 25.7 Å². The number of fused-ring (bicyclic) bond motifs is 1. The maximum Gasteiger partial charge on any atom is 0.410 e. The van der Waals surface area contributed by atoms with Crippen molar-refractivity contribution in [1.82, 2.24) is 14.9 Å². The van der Waals surface area contributed by atoms with Crippen LogP contribution in [0.5, 0.6) is 0 Å². The summed E-state index contributed by atoms with van der Waals surface area (Å²) in [6, 6.07) is -0.238. The highest BCUT2D eigenvalue weighted by Gasteiger charge is 2.38. The van der Waals surface area contributed by atoms with Gasteiger partial charge in [0.05, 0.1) is 0 Å². The zero-order valence-electron chi connectivity index (χ0n) is 21.9. The van der Waals surface area contributed by atoms with E-state index in [1.54, 1.807) is 11.2 Å². The van der Waals surface area contributed by atoms with Crippen LogP contribution in [0.15, 0.2) is 6.33 Å². The van der Waals surface area contributed by atoms with E-state index in [-0.39, 0.29) is 18.0 Å². The molecular formula is C26H42N6O3. The minimum Gasteiger partial charge on any atom is -0.444 e. The number of hydrogen-bond donors (Lipinski definition) is 1. The van der Waals surface area contributed by atoms with Gasteiger partial charge >= 0.3 is 6.09 Å². The van der Waals surface area contributed by atoms with Crippen molar-refractivity contribution < 1.29 is 14.3 Å². The van der Waals surface area contributed by atoms with Gasteiger partial charge in [-0.3, -0.25) is 4.79 Å². The van der Waals surface area contributed by atoms with Crippen LogP contribution in [0.3, 0.4) is 0 Å². The Morgan fingerprint density at radius 1 is 1.11 bits per heavy atom. The standard InChI is InChI=1S/C26H42N6O3/c1-5-6-12-20-24(33)32(17-19-10-8-7-9-11-19)21-22(29-20)27-18-28-23(21)30-13-15-31(16-14-30)25(34)35-26(2,3)4/h18-20H,5-17H2,1-4H3,(H,27,28,29)/t20-/m0/s1. The Morgan fingerprint density at radius 3 is 2.49 bits per heavy atom. The summed E-state index contributed by atoms with van der Waals surface area (Å²) >= 11 is 0. The molecule has 3 heterocycles. The second-order valence-electron chi connectivity index (χ2n) is 11.1. The summed E-state index contributed by atoms with van der Waals surface area (Å²) in [5, 5.41) is 3.43. The van der Waals surface area contributed by atoms with E-state index >= 15 is 0 Å². The number of carbonyl (C=O) groups is 2. The van der Waals surface area contributed by atoms with Crippen molar-refractivity contribution in [3.63, 3.8) is 0 Å². The topological polar surface area (TPSA) is 90.9 Å². The Kier molecular flexibility index (Phi) is 8.02. The number of amides is 2. The fourth-order valence-electron chi connectivity index (χ4n) is 5.32. The number of ether oxygens (including phenoxy) is 1. The summed E-state index contributed by atoms with van der Waals surface area (Å²) in [6.45, 7) is 10.9. The zero-order valence-corrected chi connectivity index (χ0v) is 21.9. The molecule has 0 unspecified atom stereocenters. The largest absolute Gasteiger partial charge is 0.444 e. The molecule has 2 aliphatic heterocycles. The van der Waals surface area contributed by atoms with Gasteiger partial charge in [0.2, 0.25) is 5.91 Å². The number of aromatic nitrogens is 2. The highest BCUT2D eigenvalue weighted by atomic mass is 16.6. The molecule has 4 rings (SSSR count). The van der Waals surface area contributed by atoms with Crippen LogP contribution in [0.1, 0.15) is 79.1 Å². The maximum absolute atomic E-state index is 13.7. The van der Waals surface area contributed by atoms with Crippen molar-refractivity contribution in [2.24, 2.45) is 5.92 Å². The van der Waals surface area contributed by atoms with Gasteiger partial charge in [0, 0.05) is 32.7 Å². The van der Waals surface area contributed by atoms with Crippen molar-refractivity contribution in [3.8, 4) is 0 Å². The Bertz CT molecular complexity index is 888. The molecule has 2 fully saturated rings. The molecule has 0 bridgehead atoms. The summed E-state index contributed by atoms with van der Waals surface area (Å²) in [5.41, 5.74) is 0.293. The lowest BCUT2D eigenvalue weighted by Crippen LogP contribution is -2.52. The number of nitrogens with zero attached hydrogens (tertiary/aromatic N) is 5. The SMILES string of the molecule is CCCC[C@@H]1Nc2ncnc(N3CCN(C(=O)OC(C)(C)C)CC3)c2N(CC2CCCCC2)C1=O. The third-order valence-electron chi connectivity index (χ3n) is 7.19. The molecule has 1 saturated heterocycles. The quantitative estimate of drug-likeness (QED) is 0.636. The number of nitrogens with one attached hydrogen (secondary N) is 1. The van der Waals surface area contributed by atoms with Gasteiger partial charge in [-0.25, -0.2) is 14.8 Å². The molecule has 1 aliphatic carbocycles. The van der Waals surface area contributed by atoms with Gasteiger partial charge in [-0.05, 0) is 46.0 Å². The molecule has 9 heteroatoms. The molecule has 1 N–H and O–H groups in total. The van der Waals surface area contributed by atoms with Crippen molar-refractivity contribution in [3.05, 3.63) is 6.33 Å². The van der Waals surface area contributed by atoms with Crippen LogP contribution < -0.4 is 15.1 Å². The third-order valence-corrected chi connectivity index (χ3v) is 7.19. The number of carbonyl (C=O) groups excluding carboxylic acids is 2. The molecule has 1 aromatic heterocycles. The predicted molar refractivity (Wildman–Crippen MR) is 138 cm³/mol. The number of anilines is 3. The van der Waals surface area contributed by atoms with Gasteiger partial charge in [0.15, 0.2) is 11.6 Å². The maximum atomic E-state index is 13.7. The van der Waals surface area contributed by atoms with Crippen LogP contribution >= 0.6 is 0 Å². The van der Waals surface area contributed by atoms with Crippen molar-refractivity contribution in [2.45, 2.75) is 90.7 Å². The second kappa shape index (κ2) is 11.0. The monoisotopic (exact) mass is 486 g/mol. The fraction of sp³-hybridized carbons (Fsp3) is 0.769. The minimum absolute atomic E-state index is 0.139. The molecule has 1 atom stereocenters. The molecule has 0 radical (unpaired) electrons. The molecule has 35 heavy (non-hydrogen) atoms. The normalized spacial score (nSPS) is 21.5. The molecule has 0 spiro atoms. The lowest BCUT2D eigenvalue weighted by atomic mass is 9.88. The molecule has 1 aromatic rings. The summed E-state index contributed by atoms with van der Waals surface area (Å²) in [4.78, 5) is 41.4. The van der Waals surface area contributed by atoms with E-state index in [0.29, 0.717) is 32.1 Å². The minimum atomic E-state index is -0.514. The van der Waals surface area contributed by atoms with Gasteiger partial charge in [-0.15, -0.1) is 0 Å². The number of piperazine rings is 1. The second-order valence-corrected chi connectivity index (χ2v) is 11.1. The smallest absolute Gasteiger partial charge is 0.410 e. The summed E-state index contributed by atoms with van der Waals surface area (Å²) in [7, 11) is 0. The summed E-state index contributed by atoms with van der Waals surface area (Å²) < 4.78 is 5.55. The van der Waals surface area contributed by atoms with Crippen LogP contribution in [0.25, 0.3) is 0 Å². The average Bonchev–Trinajstić information content (AvgIpc) is 2.84. The van der Waals surface area contributed by atoms with Gasteiger partial charge in [-0.1, -0.05) is 39.0 Å². The molecule has 194 valence electrons. The van der Waals surface area contributed by atoms with Crippen LogP contribution in [0.4, 0.5) is 22.1 Å². The van der Waals surface area contributed by atoms with E-state index in [9.17, 15) is 9.59 Å². The lowest BCUT2D eigenvalue weighted by molar-refractivity contribution is -0.119. The Morgan fingerprint density at radius 2 is 1.83 bits per heavy atom. The highest BCUT2D eigenvalue weighted by molar-refractivity contribution is 6.07. The van der Waals surface area contributed by atoms with Crippen LogP contribution in [-0.2, 0) is 9.53 Å². The van der Waals surface area contributed by atoms with Crippen LogP contribution in [-0.4, -0.2) is 71.2 Å². The van der Waals surface area contributed by atoms with Crippen molar-refractivity contribution >= 4 is 29.3 Å². The number of unbranched alkanes of at least 4 members (excludes halogenated alkanes) is 1. The van der Waals surface area contributed by atoms with Gasteiger partial charge in [0.1, 0.15) is 23.7 Å². The first-order valence-corrected chi connectivity index (χ1v) is 13.4. The zero-order chi connectivity index (χ0) is 25.0. The average molecular weight is 487 g/mol. The molecule has 0 aromatic carbocycles. The van der Waals surface area contributed by atoms with Crippen molar-refractivity contribution in [1.29, 1.82) is 0 Å². The van der Waals surface area contributed by atoms with Crippen molar-refractivity contribution in [2.75, 3.05) is 47.8 Å². The highest BCUT2D eigenvalue weighted by Crippen LogP contribution is 2.40. The lowest BCUT2D eigenvalue weighted by Gasteiger charge is -2.41. The third kappa shape index (κ3) is 6.16. The molecule has 2 amide bonds. The van der Waals surface area contributed by atoms with Crippen LogP contribution in [0, 0.1) is 5.92 Å². The Hall–Kier alpha value is -2.58. The first-order valence-electron chi connectivity index (χ1n) is 13.4. The molecule has 1 saturated carbocycles. The first-order chi connectivity index (χ1) is 16.8. The Labute approximate surface area is 209 Å². The van der Waals surface area contributed by atoms with E-state index in [0.717, 1.165) is 43.1 Å². The fourth-order valence-corrected chi connectivity index (χ4v) is 5.32. The predicted octanol–water partition coefficient (Wildman–Crippen LogP) is 4.43. The van der Waals surface area contributed by atoms with Gasteiger partial charge in [-0.2, -0.15) is 0 Å². The van der Waals surface area contributed by atoms with Crippen LogP contribution in [0.2, 0.25) is 0 Å². The van der Waals surface area contributed by atoms with E-state index in [1.165, 1.54) is 32.1 Å². The first kappa shape index (κ1) is 25.5. The summed E-state index contributed by atoms with van der Waals surface area (Å²) in [5.74, 6) is 2.19. The summed E-state index contributed by atoms with van der Waals surface area (Å²) in [6.07, 6.45) is 10.3. The van der Waals surface area contributed by atoms with E-state index < -0.39 is 5.60 Å². The van der Waals surface area contributed by atoms with E-state index in [4.69, 9.17) is 4.74 Å².